The molecule has 0 aliphatic heterocycles. The van der Waals surface area contributed by atoms with Crippen LogP contribution in [0, 0.1) is 0 Å². The van der Waals surface area contributed by atoms with E-state index in [4.69, 9.17) is 4.42 Å². The molecule has 0 saturated carbocycles. The highest BCUT2D eigenvalue weighted by Gasteiger charge is 2.12. The largest absolute Gasteiger partial charge is 0.508 e. The van der Waals surface area contributed by atoms with Crippen LogP contribution in [-0.4, -0.2) is 18.1 Å². The number of hydrogen-bond donors (Lipinski definition) is 2. The molecule has 0 bridgehead atoms. The number of rotatable bonds is 1. The molecule has 0 saturated heterocycles. The summed E-state index contributed by atoms with van der Waals surface area (Å²) in [4.78, 5) is 11.3. The van der Waals surface area contributed by atoms with E-state index in [2.05, 4.69) is 5.32 Å². The van der Waals surface area contributed by atoms with E-state index in [1.165, 1.54) is 18.4 Å². The Morgan fingerprint density at radius 3 is 3.00 bits per heavy atom. The predicted molar refractivity (Wildman–Crippen MR) is 51.3 cm³/mol. The molecular formula is C10H9NO3. The van der Waals surface area contributed by atoms with Gasteiger partial charge in [0.1, 0.15) is 17.6 Å². The minimum atomic E-state index is -0.227. The van der Waals surface area contributed by atoms with E-state index < -0.39 is 0 Å². The maximum atomic E-state index is 11.3. The highest BCUT2D eigenvalue weighted by atomic mass is 16.3. The predicted octanol–water partition coefficient (Wildman–Crippen LogP) is 1.50. The number of benzene rings is 1. The highest BCUT2D eigenvalue weighted by Crippen LogP contribution is 2.24. The number of amides is 1. The first-order valence-electron chi connectivity index (χ1n) is 4.14. The summed E-state index contributed by atoms with van der Waals surface area (Å²) >= 11 is 0. The average molecular weight is 191 g/mol. The van der Waals surface area contributed by atoms with Crippen molar-refractivity contribution < 1.29 is 14.3 Å². The molecular weight excluding hydrogens is 182 g/mol. The van der Waals surface area contributed by atoms with Crippen LogP contribution >= 0.6 is 0 Å². The minimum Gasteiger partial charge on any atom is -0.508 e. The number of nitrogens with one attached hydrogen (secondary N) is 1. The van der Waals surface area contributed by atoms with Crippen LogP contribution in [0.5, 0.6) is 5.75 Å². The second-order valence-corrected chi connectivity index (χ2v) is 2.91. The van der Waals surface area contributed by atoms with Gasteiger partial charge < -0.3 is 14.8 Å². The molecule has 0 spiro atoms. The first kappa shape index (κ1) is 8.62. The number of fused-ring (bicyclic) bond motifs is 1. The Morgan fingerprint density at radius 2 is 2.29 bits per heavy atom. The first-order valence-corrected chi connectivity index (χ1v) is 4.14. The number of phenols is 1. The van der Waals surface area contributed by atoms with Gasteiger partial charge in [-0.15, -0.1) is 0 Å². The molecule has 0 atom stereocenters. The summed E-state index contributed by atoms with van der Waals surface area (Å²) in [5.41, 5.74) is 1.01. The number of furan rings is 1. The molecule has 2 rings (SSSR count). The monoisotopic (exact) mass is 191 g/mol. The lowest BCUT2D eigenvalue weighted by atomic mass is 10.1. The van der Waals surface area contributed by atoms with Gasteiger partial charge in [0.25, 0.3) is 5.91 Å². The molecule has 0 fully saturated rings. The van der Waals surface area contributed by atoms with Crippen LogP contribution in [0.1, 0.15) is 10.4 Å². The van der Waals surface area contributed by atoms with E-state index in [0.29, 0.717) is 16.5 Å². The van der Waals surface area contributed by atoms with Crippen LogP contribution < -0.4 is 5.32 Å². The number of carbonyl (C=O) groups excluding carboxylic acids is 1. The van der Waals surface area contributed by atoms with Crippen molar-refractivity contribution in [1.29, 1.82) is 0 Å². The summed E-state index contributed by atoms with van der Waals surface area (Å²) < 4.78 is 5.16. The van der Waals surface area contributed by atoms with Gasteiger partial charge in [0.2, 0.25) is 0 Å². The Bertz CT molecular complexity index is 487. The molecule has 2 N–H and O–H groups in total. The van der Waals surface area contributed by atoms with Crippen molar-refractivity contribution in [3.8, 4) is 5.75 Å². The quantitative estimate of drug-likeness (QED) is 0.717. The molecule has 1 aromatic heterocycles. The fraction of sp³-hybridized carbons (Fsp3) is 0.100. The van der Waals surface area contributed by atoms with Gasteiger partial charge in [-0.05, 0) is 18.2 Å². The molecule has 72 valence electrons. The van der Waals surface area contributed by atoms with Gasteiger partial charge in [-0.2, -0.15) is 0 Å². The summed E-state index contributed by atoms with van der Waals surface area (Å²) in [7, 11) is 1.55. The van der Waals surface area contributed by atoms with Crippen LogP contribution in [0.3, 0.4) is 0 Å². The first-order chi connectivity index (χ1) is 6.72. The fourth-order valence-electron chi connectivity index (χ4n) is 1.33. The second kappa shape index (κ2) is 3.06. The summed E-state index contributed by atoms with van der Waals surface area (Å²) in [6.07, 6.45) is 1.38. The molecule has 0 radical (unpaired) electrons. The van der Waals surface area contributed by atoms with Crippen LogP contribution in [0.4, 0.5) is 0 Å². The zero-order valence-corrected chi connectivity index (χ0v) is 7.57. The standard InChI is InChI=1S/C10H9NO3/c1-11-10(13)8-5-14-9-3-2-6(12)4-7(8)9/h2-5,12H,1H3,(H,11,13). The van der Waals surface area contributed by atoms with E-state index in [1.807, 2.05) is 0 Å². The molecule has 4 nitrogen and oxygen atoms in total. The zero-order chi connectivity index (χ0) is 10.1. The smallest absolute Gasteiger partial charge is 0.254 e. The van der Waals surface area contributed by atoms with Gasteiger partial charge in [-0.1, -0.05) is 0 Å². The van der Waals surface area contributed by atoms with Crippen LogP contribution in [0.2, 0.25) is 0 Å². The van der Waals surface area contributed by atoms with Crippen molar-refractivity contribution in [2.45, 2.75) is 0 Å². The third-order valence-electron chi connectivity index (χ3n) is 2.03. The van der Waals surface area contributed by atoms with Crippen molar-refractivity contribution in [3.63, 3.8) is 0 Å². The van der Waals surface area contributed by atoms with Gasteiger partial charge >= 0.3 is 0 Å². The van der Waals surface area contributed by atoms with E-state index in [1.54, 1.807) is 13.1 Å². The Hall–Kier alpha value is -1.97. The molecule has 1 aromatic carbocycles. The van der Waals surface area contributed by atoms with Gasteiger partial charge in [0.05, 0.1) is 5.56 Å². The lowest BCUT2D eigenvalue weighted by Gasteiger charge is -1.95. The summed E-state index contributed by atoms with van der Waals surface area (Å²) in [5, 5.41) is 12.4. The molecule has 0 unspecified atom stereocenters. The van der Waals surface area contributed by atoms with E-state index >= 15 is 0 Å². The highest BCUT2D eigenvalue weighted by molar-refractivity contribution is 6.06. The number of phenolic OH excluding ortho intramolecular Hbond substituents is 1. The topological polar surface area (TPSA) is 62.5 Å². The Labute approximate surface area is 80.1 Å². The number of carbonyl (C=O) groups is 1. The third-order valence-corrected chi connectivity index (χ3v) is 2.03. The maximum Gasteiger partial charge on any atom is 0.254 e. The normalized spacial score (nSPS) is 10.4. The molecule has 0 aliphatic carbocycles. The fourth-order valence-corrected chi connectivity index (χ4v) is 1.33. The molecule has 1 amide bonds. The maximum absolute atomic E-state index is 11.3. The summed E-state index contributed by atoms with van der Waals surface area (Å²) in [6.45, 7) is 0. The molecule has 1 heterocycles. The van der Waals surface area contributed by atoms with E-state index in [0.717, 1.165) is 0 Å². The number of aromatic hydroxyl groups is 1. The van der Waals surface area contributed by atoms with Gasteiger partial charge in [-0.3, -0.25) is 4.79 Å². The lowest BCUT2D eigenvalue weighted by molar-refractivity contribution is 0.0964. The lowest BCUT2D eigenvalue weighted by Crippen LogP contribution is -2.17. The van der Waals surface area contributed by atoms with Crippen LogP contribution in [0.25, 0.3) is 11.0 Å². The van der Waals surface area contributed by atoms with Crippen LogP contribution in [0.15, 0.2) is 28.9 Å². The van der Waals surface area contributed by atoms with Crippen molar-refractivity contribution in [1.82, 2.24) is 5.32 Å². The Morgan fingerprint density at radius 1 is 1.50 bits per heavy atom. The van der Waals surface area contributed by atoms with E-state index in [-0.39, 0.29) is 11.7 Å². The third kappa shape index (κ3) is 1.21. The Kier molecular flexibility index (Phi) is 1.89. The van der Waals surface area contributed by atoms with Crippen molar-refractivity contribution in [2.75, 3.05) is 7.05 Å². The minimum absolute atomic E-state index is 0.115. The van der Waals surface area contributed by atoms with Gasteiger partial charge in [-0.25, -0.2) is 0 Å². The number of hydrogen-bond acceptors (Lipinski definition) is 3. The van der Waals surface area contributed by atoms with Gasteiger partial charge in [0.15, 0.2) is 0 Å². The Balaban J connectivity index is 2.67. The SMILES string of the molecule is CNC(=O)c1coc2ccc(O)cc12. The van der Waals surface area contributed by atoms with Crippen molar-refractivity contribution >= 4 is 16.9 Å². The summed E-state index contributed by atoms with van der Waals surface area (Å²) in [6, 6.07) is 4.64. The van der Waals surface area contributed by atoms with Gasteiger partial charge in [0, 0.05) is 12.4 Å². The molecule has 4 heteroatoms. The zero-order valence-electron chi connectivity index (χ0n) is 7.57. The second-order valence-electron chi connectivity index (χ2n) is 2.91. The molecule has 2 aromatic rings. The molecule has 14 heavy (non-hydrogen) atoms. The summed E-state index contributed by atoms with van der Waals surface area (Å²) in [5.74, 6) is -0.113. The average Bonchev–Trinajstić information content (AvgIpc) is 2.59. The van der Waals surface area contributed by atoms with E-state index in [9.17, 15) is 9.90 Å². The van der Waals surface area contributed by atoms with Crippen LogP contribution in [-0.2, 0) is 0 Å². The van der Waals surface area contributed by atoms with Crippen molar-refractivity contribution in [2.24, 2.45) is 0 Å². The molecule has 0 aliphatic rings. The van der Waals surface area contributed by atoms with Crippen molar-refractivity contribution in [3.05, 3.63) is 30.0 Å².